The quantitative estimate of drug-likeness (QED) is 0.715. The van der Waals surface area contributed by atoms with Gasteiger partial charge in [0.25, 0.3) is 0 Å². The second kappa shape index (κ2) is 6.83. The zero-order valence-corrected chi connectivity index (χ0v) is 13.0. The zero-order chi connectivity index (χ0) is 15.4. The van der Waals surface area contributed by atoms with Gasteiger partial charge in [0.15, 0.2) is 0 Å². The summed E-state index contributed by atoms with van der Waals surface area (Å²) in [7, 11) is 0. The number of hydrogen-bond acceptors (Lipinski definition) is 3. The molecular formula is C17H26N2O2. The van der Waals surface area contributed by atoms with Crippen LogP contribution in [-0.2, 0) is 0 Å². The van der Waals surface area contributed by atoms with Gasteiger partial charge in [-0.1, -0.05) is 19.8 Å². The number of nitrogen functional groups attached to an aromatic ring is 1. The van der Waals surface area contributed by atoms with Gasteiger partial charge in [0.05, 0.1) is 5.56 Å². The average Bonchev–Trinajstić information content (AvgIpc) is 2.45. The van der Waals surface area contributed by atoms with Gasteiger partial charge in [0.1, 0.15) is 0 Å². The predicted octanol–water partition coefficient (Wildman–Crippen LogP) is 4.05. The van der Waals surface area contributed by atoms with Crippen LogP contribution in [0, 0.1) is 12.8 Å². The molecule has 4 nitrogen and oxygen atoms in total. The Balaban J connectivity index is 2.02. The van der Waals surface area contributed by atoms with Crippen LogP contribution in [0.15, 0.2) is 12.1 Å². The highest BCUT2D eigenvalue weighted by Gasteiger charge is 2.21. The number of aryl methyl sites for hydroxylation is 1. The summed E-state index contributed by atoms with van der Waals surface area (Å²) >= 11 is 0. The largest absolute Gasteiger partial charge is 0.478 e. The van der Waals surface area contributed by atoms with Gasteiger partial charge in [-0.25, -0.2) is 4.79 Å². The van der Waals surface area contributed by atoms with Crippen LogP contribution in [-0.4, -0.2) is 17.1 Å². The van der Waals surface area contributed by atoms with E-state index in [9.17, 15) is 9.90 Å². The van der Waals surface area contributed by atoms with Gasteiger partial charge in [-0.15, -0.1) is 0 Å². The molecule has 0 unspecified atom stereocenters. The maximum absolute atomic E-state index is 11.2. The van der Waals surface area contributed by atoms with Crippen LogP contribution in [0.25, 0.3) is 0 Å². The fourth-order valence-corrected chi connectivity index (χ4v) is 3.30. The Morgan fingerprint density at radius 2 is 2.00 bits per heavy atom. The Labute approximate surface area is 126 Å². The zero-order valence-electron chi connectivity index (χ0n) is 13.0. The van der Waals surface area contributed by atoms with E-state index >= 15 is 0 Å². The third kappa shape index (κ3) is 3.90. The molecule has 0 aliphatic heterocycles. The maximum Gasteiger partial charge on any atom is 0.337 e. The summed E-state index contributed by atoms with van der Waals surface area (Å²) in [6, 6.07) is 4.05. The minimum Gasteiger partial charge on any atom is -0.478 e. The Kier molecular flexibility index (Phi) is 5.10. The highest BCUT2D eigenvalue weighted by molar-refractivity contribution is 5.95. The molecule has 1 aliphatic carbocycles. The number of nitrogens with two attached hydrogens (primary N) is 1. The van der Waals surface area contributed by atoms with Crippen LogP contribution in [0.4, 0.5) is 11.4 Å². The van der Waals surface area contributed by atoms with E-state index in [-0.39, 0.29) is 5.56 Å². The molecule has 21 heavy (non-hydrogen) atoms. The molecule has 1 aliphatic rings. The van der Waals surface area contributed by atoms with Crippen LogP contribution < -0.4 is 11.1 Å². The van der Waals surface area contributed by atoms with Crippen LogP contribution in [0.2, 0.25) is 0 Å². The van der Waals surface area contributed by atoms with Gasteiger partial charge in [-0.3, -0.25) is 0 Å². The van der Waals surface area contributed by atoms with E-state index in [0.717, 1.165) is 30.0 Å². The normalized spacial score (nSPS) is 22.0. The van der Waals surface area contributed by atoms with Crippen molar-refractivity contribution in [3.63, 3.8) is 0 Å². The van der Waals surface area contributed by atoms with Crippen LogP contribution >= 0.6 is 0 Å². The summed E-state index contributed by atoms with van der Waals surface area (Å²) in [6.07, 6.45) is 7.46. The molecule has 0 radical (unpaired) electrons. The lowest BCUT2D eigenvalue weighted by Crippen LogP contribution is -2.26. The Morgan fingerprint density at radius 1 is 1.33 bits per heavy atom. The van der Waals surface area contributed by atoms with Crippen LogP contribution in [0.5, 0.6) is 0 Å². The van der Waals surface area contributed by atoms with E-state index in [2.05, 4.69) is 12.2 Å². The highest BCUT2D eigenvalue weighted by atomic mass is 16.4. The van der Waals surface area contributed by atoms with Crippen molar-refractivity contribution in [3.05, 3.63) is 23.3 Å². The smallest absolute Gasteiger partial charge is 0.337 e. The summed E-state index contributed by atoms with van der Waals surface area (Å²) in [5.74, 6) is -0.0957. The van der Waals surface area contributed by atoms with Gasteiger partial charge < -0.3 is 16.2 Å². The van der Waals surface area contributed by atoms with Gasteiger partial charge in [0.2, 0.25) is 0 Å². The molecule has 1 fully saturated rings. The van der Waals surface area contributed by atoms with Crippen molar-refractivity contribution < 1.29 is 9.90 Å². The lowest BCUT2D eigenvalue weighted by atomic mass is 9.83. The topological polar surface area (TPSA) is 75.3 Å². The standard InChI is InChI=1S/C17H26N2O2/c1-3-4-12-5-7-13(8-6-12)19-14-9-11(2)16(18)15(10-14)17(20)21/h9-10,12-13,19H,3-8,18H2,1-2H3,(H,20,21). The van der Waals surface area contributed by atoms with Gasteiger partial charge >= 0.3 is 5.97 Å². The van der Waals surface area contributed by atoms with E-state index in [4.69, 9.17) is 5.73 Å². The summed E-state index contributed by atoms with van der Waals surface area (Å²) in [5, 5.41) is 12.7. The van der Waals surface area contributed by atoms with Crippen molar-refractivity contribution in [3.8, 4) is 0 Å². The number of anilines is 2. The molecule has 2 rings (SSSR count). The van der Waals surface area contributed by atoms with E-state index < -0.39 is 5.97 Å². The van der Waals surface area contributed by atoms with E-state index in [1.54, 1.807) is 6.07 Å². The number of rotatable bonds is 5. The molecule has 0 amide bonds. The highest BCUT2D eigenvalue weighted by Crippen LogP contribution is 2.30. The minimum atomic E-state index is -0.967. The molecule has 0 atom stereocenters. The first-order chi connectivity index (χ1) is 10.0. The number of carboxylic acid groups (broad SMARTS) is 1. The molecule has 0 aromatic heterocycles. The lowest BCUT2D eigenvalue weighted by Gasteiger charge is -2.30. The number of carbonyl (C=O) groups is 1. The van der Waals surface area contributed by atoms with Crippen molar-refractivity contribution in [1.29, 1.82) is 0 Å². The second-order valence-electron chi connectivity index (χ2n) is 6.21. The Morgan fingerprint density at radius 3 is 2.57 bits per heavy atom. The molecule has 4 heteroatoms. The minimum absolute atomic E-state index is 0.192. The van der Waals surface area contributed by atoms with Crippen molar-refractivity contribution in [2.75, 3.05) is 11.1 Å². The van der Waals surface area contributed by atoms with E-state index in [0.29, 0.717) is 11.7 Å². The molecule has 0 bridgehead atoms. The SMILES string of the molecule is CCCC1CCC(Nc2cc(C)c(N)c(C(=O)O)c2)CC1. The molecule has 1 aromatic carbocycles. The van der Waals surface area contributed by atoms with Crippen LogP contribution in [0.1, 0.15) is 61.4 Å². The van der Waals surface area contributed by atoms with Crippen molar-refractivity contribution >= 4 is 17.3 Å². The molecule has 0 heterocycles. The predicted molar refractivity (Wildman–Crippen MR) is 86.8 cm³/mol. The second-order valence-corrected chi connectivity index (χ2v) is 6.21. The van der Waals surface area contributed by atoms with Crippen molar-refractivity contribution in [2.45, 2.75) is 58.4 Å². The molecule has 1 aromatic rings. The monoisotopic (exact) mass is 290 g/mol. The Bertz CT molecular complexity index is 506. The first-order valence-corrected chi connectivity index (χ1v) is 7.91. The molecule has 1 saturated carbocycles. The number of hydrogen-bond donors (Lipinski definition) is 3. The van der Waals surface area contributed by atoms with Gasteiger partial charge in [-0.05, 0) is 56.2 Å². The molecule has 116 valence electrons. The van der Waals surface area contributed by atoms with Crippen LogP contribution in [0.3, 0.4) is 0 Å². The summed E-state index contributed by atoms with van der Waals surface area (Å²) in [5.41, 5.74) is 8.07. The third-order valence-corrected chi connectivity index (χ3v) is 4.53. The van der Waals surface area contributed by atoms with E-state index in [1.165, 1.54) is 25.7 Å². The summed E-state index contributed by atoms with van der Waals surface area (Å²) < 4.78 is 0. The molecule has 0 spiro atoms. The number of aromatic carboxylic acids is 1. The van der Waals surface area contributed by atoms with E-state index in [1.807, 2.05) is 13.0 Å². The van der Waals surface area contributed by atoms with Gasteiger partial charge in [0, 0.05) is 17.4 Å². The number of carboxylic acids is 1. The average molecular weight is 290 g/mol. The maximum atomic E-state index is 11.2. The fraction of sp³-hybridized carbons (Fsp3) is 0.588. The van der Waals surface area contributed by atoms with Crippen molar-refractivity contribution in [2.24, 2.45) is 5.92 Å². The molecule has 4 N–H and O–H groups in total. The number of benzene rings is 1. The summed E-state index contributed by atoms with van der Waals surface area (Å²) in [4.78, 5) is 11.2. The number of nitrogens with one attached hydrogen (secondary N) is 1. The molecular weight excluding hydrogens is 264 g/mol. The Hall–Kier alpha value is -1.71. The first-order valence-electron chi connectivity index (χ1n) is 7.91. The summed E-state index contributed by atoms with van der Waals surface area (Å²) in [6.45, 7) is 4.10. The fourth-order valence-electron chi connectivity index (χ4n) is 3.30. The lowest BCUT2D eigenvalue weighted by molar-refractivity contribution is 0.0698. The first kappa shape index (κ1) is 15.7. The molecule has 0 saturated heterocycles. The van der Waals surface area contributed by atoms with Gasteiger partial charge in [-0.2, -0.15) is 0 Å². The third-order valence-electron chi connectivity index (χ3n) is 4.53. The van der Waals surface area contributed by atoms with Crippen molar-refractivity contribution in [1.82, 2.24) is 0 Å².